The van der Waals surface area contributed by atoms with Crippen LogP contribution in [0.25, 0.3) is 0 Å². The summed E-state index contributed by atoms with van der Waals surface area (Å²) in [6, 6.07) is 0. The third kappa shape index (κ3) is 19.6. The van der Waals surface area contributed by atoms with Gasteiger partial charge in [0.05, 0.1) is 24.2 Å². The molecule has 2 aromatic heterocycles. The number of carboxylic acid groups (broad SMARTS) is 1. The van der Waals surface area contributed by atoms with Crippen molar-refractivity contribution in [2.75, 3.05) is 5.75 Å². The standard InChI is InChI=1S/2C4H6N2.C3H8O3S.C2HF3O2/c2*1-6-3-2-5-4-6;1-2-3-7(4,5)6;3-2(4,5)1(6)7/h2*2-4H,1H3;2-3H2,1H3,(H,4,5,6);(H,6,7). The van der Waals surface area contributed by atoms with Gasteiger partial charge in [-0.05, 0) is 6.42 Å². The number of alkyl halides is 3. The van der Waals surface area contributed by atoms with Gasteiger partial charge in [0.2, 0.25) is 12.7 Å². The number of hydrogen-bond acceptors (Lipinski definition) is 5. The summed E-state index contributed by atoms with van der Waals surface area (Å²) in [4.78, 5) is 14.6. The summed E-state index contributed by atoms with van der Waals surface area (Å²) in [6.07, 6.45) is 6.60. The third-order valence-corrected chi connectivity index (χ3v) is 2.96. The lowest BCUT2D eigenvalue weighted by Crippen LogP contribution is -2.37. The first kappa shape index (κ1) is 25.8. The average Bonchev–Trinajstić information content (AvgIpc) is 3.12. The molecule has 2 N–H and O–H groups in total. The molecule has 2 rings (SSSR count). The van der Waals surface area contributed by atoms with E-state index < -0.39 is 22.3 Å². The van der Waals surface area contributed by atoms with Gasteiger partial charge in [-0.25, -0.2) is 17.6 Å². The number of carbonyl (C=O) groups excluding carboxylic acids is 1. The molecule has 0 aliphatic carbocycles. The van der Waals surface area contributed by atoms with Gasteiger partial charge in [0.15, 0.2) is 0 Å². The summed E-state index contributed by atoms with van der Waals surface area (Å²) in [7, 11) is 0.0133. The molecule has 0 radical (unpaired) electrons. The third-order valence-electron chi connectivity index (χ3n) is 2.05. The summed E-state index contributed by atoms with van der Waals surface area (Å²) in [5, 5.41) is 8.78. The van der Waals surface area contributed by atoms with Crippen LogP contribution >= 0.6 is 0 Å². The lowest BCUT2D eigenvalue weighted by Gasteiger charge is -2.03. The molecule has 0 aliphatic rings. The number of aryl methyl sites for hydroxylation is 2. The number of hydrogen-bond donors (Lipinski definition) is 2. The van der Waals surface area contributed by atoms with Gasteiger partial charge < -0.3 is 14.5 Å². The Morgan fingerprint density at radius 1 is 1.08 bits per heavy atom. The average molecular weight is 402 g/mol. The number of nitrogens with one attached hydrogen (secondary N) is 2. The Balaban J connectivity index is 0. The summed E-state index contributed by atoms with van der Waals surface area (Å²) in [5.74, 6) is -3.25. The lowest BCUT2D eigenvalue weighted by molar-refractivity contribution is -0.670. The van der Waals surface area contributed by atoms with E-state index in [2.05, 4.69) is 9.97 Å². The second kappa shape index (κ2) is 12.9. The van der Waals surface area contributed by atoms with Crippen molar-refractivity contribution in [2.24, 2.45) is 14.1 Å². The first-order chi connectivity index (χ1) is 11.8. The van der Waals surface area contributed by atoms with Crippen molar-refractivity contribution < 1.29 is 45.2 Å². The van der Waals surface area contributed by atoms with Crippen molar-refractivity contribution >= 4 is 16.1 Å². The molecule has 150 valence electrons. The minimum absolute atomic E-state index is 0.243. The van der Waals surface area contributed by atoms with Crippen LogP contribution in [0.1, 0.15) is 13.3 Å². The van der Waals surface area contributed by atoms with Crippen LogP contribution in [0.15, 0.2) is 37.4 Å². The summed E-state index contributed by atoms with van der Waals surface area (Å²) in [6.45, 7) is 1.65. The van der Waals surface area contributed by atoms with E-state index in [0.29, 0.717) is 6.42 Å². The van der Waals surface area contributed by atoms with Crippen LogP contribution in [0.3, 0.4) is 0 Å². The van der Waals surface area contributed by atoms with Crippen LogP contribution in [-0.4, -0.2) is 40.8 Å². The summed E-state index contributed by atoms with van der Waals surface area (Å²) in [5.41, 5.74) is 0. The highest BCUT2D eigenvalue weighted by Crippen LogP contribution is 2.11. The summed E-state index contributed by atoms with van der Waals surface area (Å²) >= 11 is 0. The molecule has 26 heavy (non-hydrogen) atoms. The minimum Gasteiger partial charge on any atom is -0.748 e. The zero-order valence-electron chi connectivity index (χ0n) is 14.4. The molecule has 0 aliphatic heterocycles. The Morgan fingerprint density at radius 3 is 1.46 bits per heavy atom. The van der Waals surface area contributed by atoms with Gasteiger partial charge in [-0.3, -0.25) is 9.97 Å². The van der Waals surface area contributed by atoms with Crippen LogP contribution in [-0.2, 0) is 29.0 Å². The van der Waals surface area contributed by atoms with Crippen molar-refractivity contribution in [1.82, 2.24) is 9.97 Å². The van der Waals surface area contributed by atoms with E-state index in [0.717, 1.165) is 0 Å². The molecule has 0 bridgehead atoms. The monoisotopic (exact) mass is 402 g/mol. The van der Waals surface area contributed by atoms with Gasteiger partial charge in [-0.2, -0.15) is 13.2 Å². The minimum atomic E-state index is -5.19. The van der Waals surface area contributed by atoms with Crippen molar-refractivity contribution in [3.05, 3.63) is 37.4 Å². The smallest absolute Gasteiger partial charge is 0.430 e. The largest absolute Gasteiger partial charge is 0.748 e. The fraction of sp³-hybridized carbons (Fsp3) is 0.462. The molecule has 0 unspecified atom stereocenters. The van der Waals surface area contributed by atoms with E-state index in [-0.39, 0.29) is 5.75 Å². The van der Waals surface area contributed by atoms with E-state index >= 15 is 0 Å². The molecule has 0 fully saturated rings. The van der Waals surface area contributed by atoms with E-state index in [1.54, 1.807) is 6.92 Å². The number of imidazole rings is 2. The van der Waals surface area contributed by atoms with Crippen LogP contribution in [0.5, 0.6) is 0 Å². The Bertz CT molecular complexity index is 654. The van der Waals surface area contributed by atoms with Crippen LogP contribution < -0.4 is 14.2 Å². The number of aromatic amines is 2. The fourth-order valence-electron chi connectivity index (χ4n) is 0.978. The predicted molar refractivity (Wildman–Crippen MR) is 79.9 cm³/mol. The van der Waals surface area contributed by atoms with Gasteiger partial charge in [0.1, 0.15) is 30.8 Å². The van der Waals surface area contributed by atoms with Crippen LogP contribution in [0, 0.1) is 0 Å². The van der Waals surface area contributed by atoms with Crippen LogP contribution in [0.4, 0.5) is 13.2 Å². The maximum absolute atomic E-state index is 10.5. The molecule has 0 aromatic carbocycles. The molecular formula is C13H21F3N4O5S. The van der Waals surface area contributed by atoms with Gasteiger partial charge in [0.25, 0.3) is 0 Å². The van der Waals surface area contributed by atoms with Gasteiger partial charge >= 0.3 is 6.18 Å². The first-order valence-electron chi connectivity index (χ1n) is 6.97. The highest BCUT2D eigenvalue weighted by atomic mass is 32.2. The van der Waals surface area contributed by atoms with Crippen molar-refractivity contribution in [3.63, 3.8) is 0 Å². The van der Waals surface area contributed by atoms with Crippen molar-refractivity contribution in [3.8, 4) is 0 Å². The normalized spacial score (nSPS) is 10.3. The highest BCUT2D eigenvalue weighted by Gasteiger charge is 2.28. The molecule has 2 heterocycles. The number of carboxylic acids is 1. The Labute approximate surface area is 148 Å². The Kier molecular flexibility index (Phi) is 12.8. The molecule has 9 nitrogen and oxygen atoms in total. The molecule has 0 amide bonds. The number of nitrogens with zero attached hydrogens (tertiary/aromatic N) is 2. The lowest BCUT2D eigenvalue weighted by atomic mass is 10.6. The van der Waals surface area contributed by atoms with E-state index in [1.807, 2.05) is 60.7 Å². The fourth-order valence-corrected chi connectivity index (χ4v) is 1.48. The Morgan fingerprint density at radius 2 is 1.42 bits per heavy atom. The van der Waals surface area contributed by atoms with Crippen molar-refractivity contribution in [1.29, 1.82) is 0 Å². The molecule has 0 spiro atoms. The first-order valence-corrected chi connectivity index (χ1v) is 8.55. The zero-order valence-corrected chi connectivity index (χ0v) is 15.2. The number of aliphatic carboxylic acids is 1. The molecule has 0 saturated heterocycles. The number of rotatable bonds is 2. The van der Waals surface area contributed by atoms with Gasteiger partial charge in [-0.15, -0.1) is 0 Å². The second-order valence-electron chi connectivity index (χ2n) is 4.60. The van der Waals surface area contributed by atoms with Crippen molar-refractivity contribution in [2.45, 2.75) is 19.5 Å². The highest BCUT2D eigenvalue weighted by molar-refractivity contribution is 7.85. The maximum Gasteiger partial charge on any atom is 0.430 e. The zero-order chi connectivity index (χ0) is 20.8. The van der Waals surface area contributed by atoms with E-state index in [4.69, 9.17) is 9.90 Å². The van der Waals surface area contributed by atoms with Gasteiger partial charge in [0, 0.05) is 5.75 Å². The summed E-state index contributed by atoms with van der Waals surface area (Å²) < 4.78 is 64.5. The topological polar surface area (TPSA) is 137 Å². The molecule has 0 saturated carbocycles. The predicted octanol–water partition coefficient (Wildman–Crippen LogP) is -1.08. The second-order valence-corrected chi connectivity index (χ2v) is 6.12. The molecule has 2 aromatic rings. The maximum atomic E-state index is 10.5. The van der Waals surface area contributed by atoms with E-state index in [9.17, 15) is 26.1 Å². The number of carbonyl (C=O) groups is 1. The molecular weight excluding hydrogens is 381 g/mol. The SMILES string of the molecule is CCCS(=O)(=O)[O-].C[n+]1cc[nH]c1.C[n+]1cc[nH]c1.O=C([O-])C(F)(F)F. The number of halogens is 3. The number of H-pyrrole nitrogens is 2. The number of aromatic nitrogens is 4. The van der Waals surface area contributed by atoms with Gasteiger partial charge in [-0.1, -0.05) is 6.92 Å². The Hall–Kier alpha value is -2.41. The molecule has 0 atom stereocenters. The van der Waals surface area contributed by atoms with Crippen LogP contribution in [0.2, 0.25) is 0 Å². The molecule has 13 heteroatoms. The van der Waals surface area contributed by atoms with E-state index in [1.165, 1.54) is 0 Å². The quantitative estimate of drug-likeness (QED) is 0.486.